The van der Waals surface area contributed by atoms with Crippen LogP contribution in [-0.2, 0) is 13.1 Å². The molecule has 140 valence electrons. The van der Waals surface area contributed by atoms with Gasteiger partial charge in [-0.3, -0.25) is 4.90 Å². The zero-order valence-electron chi connectivity index (χ0n) is 15.2. The lowest BCUT2D eigenvalue weighted by Crippen LogP contribution is -2.30. The van der Waals surface area contributed by atoms with E-state index in [9.17, 15) is 8.78 Å². The number of ether oxygens (including phenoxy) is 1. The van der Waals surface area contributed by atoms with Crippen molar-refractivity contribution in [3.8, 4) is 5.75 Å². The first-order chi connectivity index (χ1) is 13.2. The number of methoxy groups -OCH3 is 1. The van der Waals surface area contributed by atoms with Gasteiger partial charge in [-0.05, 0) is 48.4 Å². The fraction of sp³-hybridized carbons (Fsp3) is 0.273. The zero-order valence-corrected chi connectivity index (χ0v) is 15.2. The summed E-state index contributed by atoms with van der Waals surface area (Å²) in [5, 5.41) is 0. The highest BCUT2D eigenvalue weighted by Crippen LogP contribution is 2.35. The van der Waals surface area contributed by atoms with Gasteiger partial charge < -0.3 is 9.30 Å². The van der Waals surface area contributed by atoms with Gasteiger partial charge in [-0.1, -0.05) is 18.2 Å². The Morgan fingerprint density at radius 2 is 1.70 bits per heavy atom. The molecule has 0 N–H and O–H groups in total. The third kappa shape index (κ3) is 3.47. The highest BCUT2D eigenvalue weighted by molar-refractivity contribution is 5.33. The lowest BCUT2D eigenvalue weighted by Gasteiger charge is -2.31. The van der Waals surface area contributed by atoms with Gasteiger partial charge in [-0.25, -0.2) is 8.78 Å². The van der Waals surface area contributed by atoms with Gasteiger partial charge in [0.05, 0.1) is 13.2 Å². The molecular weight excluding hydrogens is 346 g/mol. The fourth-order valence-corrected chi connectivity index (χ4v) is 3.88. The van der Waals surface area contributed by atoms with Crippen LogP contribution in [0.15, 0.2) is 60.8 Å². The fourth-order valence-electron chi connectivity index (χ4n) is 3.88. The van der Waals surface area contributed by atoms with E-state index in [4.69, 9.17) is 4.74 Å². The van der Waals surface area contributed by atoms with Crippen molar-refractivity contribution in [1.82, 2.24) is 9.47 Å². The number of fused-ring (bicyclic) bond motifs is 1. The topological polar surface area (TPSA) is 17.4 Å². The lowest BCUT2D eigenvalue weighted by molar-refractivity contribution is 0.212. The molecule has 0 spiro atoms. The molecule has 1 aromatic heterocycles. The molecule has 0 bridgehead atoms. The Balaban J connectivity index is 1.76. The number of hydrogen-bond donors (Lipinski definition) is 0. The van der Waals surface area contributed by atoms with Gasteiger partial charge in [0.1, 0.15) is 17.4 Å². The van der Waals surface area contributed by atoms with Crippen molar-refractivity contribution < 1.29 is 13.5 Å². The van der Waals surface area contributed by atoms with Crippen molar-refractivity contribution in [3.63, 3.8) is 0 Å². The third-order valence-electron chi connectivity index (χ3n) is 5.17. The Labute approximate surface area is 157 Å². The van der Waals surface area contributed by atoms with E-state index >= 15 is 0 Å². The molecule has 1 aliphatic heterocycles. The Hall–Kier alpha value is -2.66. The summed E-state index contributed by atoms with van der Waals surface area (Å²) in [6.45, 7) is 2.20. The van der Waals surface area contributed by atoms with E-state index < -0.39 is 17.7 Å². The van der Waals surface area contributed by atoms with E-state index in [1.165, 1.54) is 18.2 Å². The maximum Gasteiger partial charge on any atom is 0.131 e. The molecule has 3 nitrogen and oxygen atoms in total. The van der Waals surface area contributed by atoms with Gasteiger partial charge in [-0.15, -0.1) is 0 Å². The van der Waals surface area contributed by atoms with Crippen LogP contribution in [0.25, 0.3) is 0 Å². The molecule has 0 saturated carbocycles. The van der Waals surface area contributed by atoms with E-state index in [1.807, 2.05) is 42.6 Å². The molecule has 0 radical (unpaired) electrons. The average molecular weight is 368 g/mol. The van der Waals surface area contributed by atoms with E-state index in [0.29, 0.717) is 6.54 Å². The number of aryl methyl sites for hydroxylation is 1. The monoisotopic (exact) mass is 368 g/mol. The van der Waals surface area contributed by atoms with Crippen LogP contribution in [0.1, 0.15) is 29.3 Å². The predicted molar refractivity (Wildman–Crippen MR) is 101 cm³/mol. The first-order valence-electron chi connectivity index (χ1n) is 9.13. The first-order valence-corrected chi connectivity index (χ1v) is 9.13. The molecule has 0 saturated heterocycles. The predicted octanol–water partition coefficient (Wildman–Crippen LogP) is 4.77. The van der Waals surface area contributed by atoms with Crippen LogP contribution in [0.2, 0.25) is 0 Å². The molecule has 5 heteroatoms. The SMILES string of the molecule is COc1ccc(CN2CCCn3cccc3C2c2c(F)cccc2F)cc1. The minimum absolute atomic E-state index is 0.118. The van der Waals surface area contributed by atoms with Crippen molar-refractivity contribution in [1.29, 1.82) is 0 Å². The summed E-state index contributed by atoms with van der Waals surface area (Å²) in [7, 11) is 1.63. The summed E-state index contributed by atoms with van der Waals surface area (Å²) in [6.07, 6.45) is 2.91. The molecule has 2 heterocycles. The quantitative estimate of drug-likeness (QED) is 0.660. The van der Waals surface area contributed by atoms with Gasteiger partial charge in [0.25, 0.3) is 0 Å². The van der Waals surface area contributed by atoms with Crippen LogP contribution >= 0.6 is 0 Å². The van der Waals surface area contributed by atoms with E-state index in [-0.39, 0.29) is 5.56 Å². The maximum atomic E-state index is 14.7. The minimum atomic E-state index is -0.505. The second-order valence-corrected chi connectivity index (χ2v) is 6.84. The molecule has 2 aromatic carbocycles. The number of nitrogens with zero attached hydrogens (tertiary/aromatic N) is 2. The summed E-state index contributed by atoms with van der Waals surface area (Å²) in [5.74, 6) is -0.219. The molecule has 4 rings (SSSR count). The molecule has 0 fully saturated rings. The molecule has 1 unspecified atom stereocenters. The molecular formula is C22H22F2N2O. The van der Waals surface area contributed by atoms with Gasteiger partial charge in [-0.2, -0.15) is 0 Å². The summed E-state index contributed by atoms with van der Waals surface area (Å²) in [4.78, 5) is 2.15. The van der Waals surface area contributed by atoms with Crippen molar-refractivity contribution in [2.24, 2.45) is 0 Å². The van der Waals surface area contributed by atoms with Crippen molar-refractivity contribution >= 4 is 0 Å². The van der Waals surface area contributed by atoms with Gasteiger partial charge in [0, 0.05) is 37.1 Å². The van der Waals surface area contributed by atoms with Crippen LogP contribution in [0.5, 0.6) is 5.75 Å². The molecule has 1 aliphatic rings. The first kappa shape index (κ1) is 17.7. The van der Waals surface area contributed by atoms with Gasteiger partial charge >= 0.3 is 0 Å². The maximum absolute atomic E-state index is 14.7. The number of hydrogen-bond acceptors (Lipinski definition) is 2. The molecule has 1 atom stereocenters. The summed E-state index contributed by atoms with van der Waals surface area (Å²) < 4.78 is 36.7. The Bertz CT molecular complexity index is 900. The van der Waals surface area contributed by atoms with Crippen LogP contribution in [0.4, 0.5) is 8.78 Å². The molecule has 3 aromatic rings. The minimum Gasteiger partial charge on any atom is -0.497 e. The number of aromatic nitrogens is 1. The van der Waals surface area contributed by atoms with Crippen molar-refractivity contribution in [2.75, 3.05) is 13.7 Å². The second kappa shape index (κ2) is 7.53. The number of benzene rings is 2. The van der Waals surface area contributed by atoms with Gasteiger partial charge in [0.15, 0.2) is 0 Å². The second-order valence-electron chi connectivity index (χ2n) is 6.84. The average Bonchev–Trinajstić information content (AvgIpc) is 3.06. The highest BCUT2D eigenvalue weighted by Gasteiger charge is 2.31. The van der Waals surface area contributed by atoms with Gasteiger partial charge in [0.2, 0.25) is 0 Å². The number of halogens is 2. The van der Waals surface area contributed by atoms with E-state index in [2.05, 4.69) is 9.47 Å². The molecule has 27 heavy (non-hydrogen) atoms. The van der Waals surface area contributed by atoms with Crippen LogP contribution in [0.3, 0.4) is 0 Å². The molecule has 0 amide bonds. The zero-order chi connectivity index (χ0) is 18.8. The van der Waals surface area contributed by atoms with Crippen LogP contribution in [0, 0.1) is 11.6 Å². The lowest BCUT2D eigenvalue weighted by atomic mass is 9.99. The van der Waals surface area contributed by atoms with E-state index in [1.54, 1.807) is 7.11 Å². The third-order valence-corrected chi connectivity index (χ3v) is 5.17. The standard InChI is InChI=1S/C22H22F2N2O/c1-27-17-10-8-16(9-11-17)15-26-14-4-13-25-12-3-7-20(25)22(26)21-18(23)5-2-6-19(21)24/h2-3,5-12,22H,4,13-15H2,1H3. The van der Waals surface area contributed by atoms with Crippen molar-refractivity contribution in [2.45, 2.75) is 25.6 Å². The number of rotatable bonds is 4. The summed E-state index contributed by atoms with van der Waals surface area (Å²) >= 11 is 0. The smallest absolute Gasteiger partial charge is 0.131 e. The Morgan fingerprint density at radius 3 is 2.41 bits per heavy atom. The summed E-state index contributed by atoms with van der Waals surface area (Å²) in [6, 6.07) is 15.3. The van der Waals surface area contributed by atoms with E-state index in [0.717, 1.165) is 36.5 Å². The van der Waals surface area contributed by atoms with Crippen LogP contribution < -0.4 is 4.74 Å². The summed E-state index contributed by atoms with van der Waals surface area (Å²) in [5.41, 5.74) is 2.12. The van der Waals surface area contributed by atoms with Crippen LogP contribution in [-0.4, -0.2) is 23.1 Å². The Kier molecular flexibility index (Phi) is 4.94. The highest BCUT2D eigenvalue weighted by atomic mass is 19.1. The largest absolute Gasteiger partial charge is 0.497 e. The van der Waals surface area contributed by atoms with Crippen molar-refractivity contribution in [3.05, 3.63) is 89.2 Å². The molecule has 0 aliphatic carbocycles. The Morgan fingerprint density at radius 1 is 0.963 bits per heavy atom. The normalized spacial score (nSPS) is 17.4.